The largest absolute Gasteiger partial charge is 0.497 e. The average molecular weight is 488 g/mol. The number of aromatic nitrogens is 2. The molecule has 4 aromatic rings. The van der Waals surface area contributed by atoms with Crippen molar-refractivity contribution in [3.8, 4) is 22.7 Å². The second-order valence-electron chi connectivity index (χ2n) is 7.27. The summed E-state index contributed by atoms with van der Waals surface area (Å²) in [6.07, 6.45) is 0. The molecule has 0 atom stereocenters. The van der Waals surface area contributed by atoms with E-state index in [0.29, 0.717) is 5.02 Å². The van der Waals surface area contributed by atoms with Crippen LogP contribution < -0.4 is 15.6 Å². The van der Waals surface area contributed by atoms with E-state index >= 15 is 8.78 Å². The molecule has 1 amide bonds. The van der Waals surface area contributed by atoms with Crippen LogP contribution in [0.5, 0.6) is 5.75 Å². The van der Waals surface area contributed by atoms with Crippen molar-refractivity contribution in [2.45, 2.75) is 0 Å². The third kappa shape index (κ3) is 4.17. The maximum atomic E-state index is 15.0. The Bertz CT molecular complexity index is 1440. The van der Waals surface area contributed by atoms with Gasteiger partial charge >= 0.3 is 0 Å². The number of amides is 1. The Morgan fingerprint density at radius 1 is 1.00 bits per heavy atom. The summed E-state index contributed by atoms with van der Waals surface area (Å²) in [7, 11) is 2.62. The van der Waals surface area contributed by atoms with Crippen molar-refractivity contribution < 1.29 is 22.7 Å². The van der Waals surface area contributed by atoms with Gasteiger partial charge in [-0.15, -0.1) is 0 Å². The van der Waals surface area contributed by atoms with Gasteiger partial charge in [0.1, 0.15) is 34.6 Å². The van der Waals surface area contributed by atoms with Crippen LogP contribution in [0.1, 0.15) is 10.4 Å². The molecule has 174 valence electrons. The van der Waals surface area contributed by atoms with Gasteiger partial charge in [-0.1, -0.05) is 17.7 Å². The highest BCUT2D eigenvalue weighted by atomic mass is 35.5. The van der Waals surface area contributed by atoms with Crippen LogP contribution in [-0.4, -0.2) is 22.4 Å². The van der Waals surface area contributed by atoms with Crippen LogP contribution in [0.3, 0.4) is 0 Å². The number of hydrogen-bond donors (Lipinski definition) is 1. The van der Waals surface area contributed by atoms with Gasteiger partial charge in [0.05, 0.1) is 18.4 Å². The molecule has 0 aliphatic heterocycles. The Morgan fingerprint density at radius 3 is 2.24 bits per heavy atom. The molecule has 3 aromatic carbocycles. The maximum absolute atomic E-state index is 15.0. The summed E-state index contributed by atoms with van der Waals surface area (Å²) in [6, 6.07) is 12.8. The normalized spacial score (nSPS) is 10.9. The fourth-order valence-corrected chi connectivity index (χ4v) is 3.71. The van der Waals surface area contributed by atoms with E-state index in [-0.39, 0.29) is 22.7 Å². The zero-order chi connectivity index (χ0) is 24.6. The number of hydrogen-bond acceptors (Lipinski definition) is 3. The molecule has 1 heterocycles. The monoisotopic (exact) mass is 487 g/mol. The van der Waals surface area contributed by atoms with Crippen LogP contribution in [0, 0.1) is 17.5 Å². The molecule has 0 bridgehead atoms. The molecule has 0 saturated heterocycles. The van der Waals surface area contributed by atoms with E-state index in [9.17, 15) is 14.0 Å². The van der Waals surface area contributed by atoms with Crippen molar-refractivity contribution in [2.75, 3.05) is 12.4 Å². The third-order valence-corrected chi connectivity index (χ3v) is 5.40. The van der Waals surface area contributed by atoms with E-state index in [1.165, 1.54) is 56.6 Å². The predicted molar refractivity (Wildman–Crippen MR) is 122 cm³/mol. The number of carbonyl (C=O) groups excluding carboxylic acids is 1. The fraction of sp³-hybridized carbons (Fsp3) is 0.0833. The average Bonchev–Trinajstić information content (AvgIpc) is 3.03. The van der Waals surface area contributed by atoms with Crippen LogP contribution in [0.15, 0.2) is 65.5 Å². The van der Waals surface area contributed by atoms with E-state index in [2.05, 4.69) is 5.32 Å². The quantitative estimate of drug-likeness (QED) is 0.422. The number of carbonyl (C=O) groups is 1. The lowest BCUT2D eigenvalue weighted by Crippen LogP contribution is -2.23. The second-order valence-corrected chi connectivity index (χ2v) is 7.71. The highest BCUT2D eigenvalue weighted by Gasteiger charge is 2.27. The van der Waals surface area contributed by atoms with Gasteiger partial charge in [0.2, 0.25) is 0 Å². The van der Waals surface area contributed by atoms with E-state index < -0.39 is 40.2 Å². The van der Waals surface area contributed by atoms with Crippen LogP contribution in [-0.2, 0) is 7.05 Å². The van der Waals surface area contributed by atoms with Crippen molar-refractivity contribution >= 4 is 23.2 Å². The van der Waals surface area contributed by atoms with E-state index in [4.69, 9.17) is 16.3 Å². The molecule has 6 nitrogen and oxygen atoms in total. The SMILES string of the molecule is COc1cc(F)c(-c2c(NC(=O)c3ccc(Cl)cc3)c(=O)n(-c3cccc(F)c3)n2C)c(F)c1. The lowest BCUT2D eigenvalue weighted by molar-refractivity contribution is 0.102. The molecule has 0 saturated carbocycles. The van der Waals surface area contributed by atoms with Gasteiger partial charge in [-0.3, -0.25) is 14.3 Å². The number of anilines is 1. The number of nitrogens with zero attached hydrogens (tertiary/aromatic N) is 2. The Hall–Kier alpha value is -3.98. The lowest BCUT2D eigenvalue weighted by atomic mass is 10.1. The molecule has 0 radical (unpaired) electrons. The number of halogens is 4. The second kappa shape index (κ2) is 9.11. The zero-order valence-corrected chi connectivity index (χ0v) is 18.7. The van der Waals surface area contributed by atoms with Crippen molar-refractivity contribution in [1.82, 2.24) is 9.36 Å². The first-order chi connectivity index (χ1) is 16.2. The minimum absolute atomic E-state index is 0.0694. The molecule has 4 rings (SSSR count). The van der Waals surface area contributed by atoms with Crippen LogP contribution in [0.4, 0.5) is 18.9 Å². The molecule has 0 spiro atoms. The first-order valence-corrected chi connectivity index (χ1v) is 10.3. The van der Waals surface area contributed by atoms with Gasteiger partial charge in [-0.25, -0.2) is 17.9 Å². The van der Waals surface area contributed by atoms with Crippen molar-refractivity contribution in [3.63, 3.8) is 0 Å². The predicted octanol–water partition coefficient (Wildman–Crippen LogP) is 5.17. The first kappa shape index (κ1) is 23.2. The summed E-state index contributed by atoms with van der Waals surface area (Å²) in [6.45, 7) is 0. The first-order valence-electron chi connectivity index (χ1n) is 9.89. The molecule has 0 fully saturated rings. The van der Waals surface area contributed by atoms with E-state index in [1.807, 2.05) is 0 Å². The number of nitrogens with one attached hydrogen (secondary N) is 1. The number of rotatable bonds is 5. The molecule has 10 heteroatoms. The van der Waals surface area contributed by atoms with Crippen molar-refractivity contribution in [1.29, 1.82) is 0 Å². The molecule has 1 N–H and O–H groups in total. The molecular formula is C24H17ClF3N3O3. The number of methoxy groups -OCH3 is 1. The number of benzene rings is 3. The fourth-order valence-electron chi connectivity index (χ4n) is 3.58. The molecular weight excluding hydrogens is 471 g/mol. The molecule has 0 unspecified atom stereocenters. The minimum Gasteiger partial charge on any atom is -0.497 e. The summed E-state index contributed by atoms with van der Waals surface area (Å²) in [4.78, 5) is 26.2. The summed E-state index contributed by atoms with van der Waals surface area (Å²) >= 11 is 5.86. The topological polar surface area (TPSA) is 65.3 Å². The summed E-state index contributed by atoms with van der Waals surface area (Å²) < 4.78 is 51.0. The Balaban J connectivity index is 1.96. The van der Waals surface area contributed by atoms with E-state index in [0.717, 1.165) is 27.6 Å². The molecule has 34 heavy (non-hydrogen) atoms. The van der Waals surface area contributed by atoms with Crippen molar-refractivity contribution in [2.24, 2.45) is 7.05 Å². The van der Waals surface area contributed by atoms with E-state index in [1.54, 1.807) is 0 Å². The van der Waals surface area contributed by atoms with Gasteiger partial charge in [0, 0.05) is 29.8 Å². The maximum Gasteiger partial charge on any atom is 0.295 e. The van der Waals surface area contributed by atoms with Crippen LogP contribution in [0.2, 0.25) is 5.02 Å². The molecule has 1 aromatic heterocycles. The van der Waals surface area contributed by atoms with Gasteiger partial charge in [-0.2, -0.15) is 0 Å². The Labute approximate surface area is 196 Å². The Kier molecular flexibility index (Phi) is 6.21. The highest BCUT2D eigenvalue weighted by molar-refractivity contribution is 6.30. The van der Waals surface area contributed by atoms with Gasteiger partial charge in [0.15, 0.2) is 0 Å². The molecule has 0 aliphatic rings. The minimum atomic E-state index is -1.02. The summed E-state index contributed by atoms with van der Waals surface area (Å²) in [5.41, 5.74) is -1.78. The van der Waals surface area contributed by atoms with Gasteiger partial charge in [-0.05, 0) is 42.5 Å². The van der Waals surface area contributed by atoms with Crippen molar-refractivity contribution in [3.05, 3.63) is 99.1 Å². The summed E-state index contributed by atoms with van der Waals surface area (Å²) in [5.74, 6) is -3.45. The highest BCUT2D eigenvalue weighted by Crippen LogP contribution is 2.34. The Morgan fingerprint density at radius 2 is 1.65 bits per heavy atom. The van der Waals surface area contributed by atoms with Gasteiger partial charge in [0.25, 0.3) is 11.5 Å². The van der Waals surface area contributed by atoms with Crippen LogP contribution in [0.25, 0.3) is 16.9 Å². The lowest BCUT2D eigenvalue weighted by Gasteiger charge is -2.13. The smallest absolute Gasteiger partial charge is 0.295 e. The van der Waals surface area contributed by atoms with Crippen LogP contribution >= 0.6 is 11.6 Å². The molecule has 0 aliphatic carbocycles. The number of ether oxygens (including phenoxy) is 1. The standard InChI is InChI=1S/C24H17ClF3N3O3/c1-30-22(20-18(27)11-17(34-2)12-19(20)28)21(29-23(32)13-6-8-14(25)9-7-13)24(33)31(30)16-5-3-4-15(26)10-16/h3-12H,1-2H3,(H,29,32). The zero-order valence-electron chi connectivity index (χ0n) is 17.9. The third-order valence-electron chi connectivity index (χ3n) is 5.15. The van der Waals surface area contributed by atoms with Gasteiger partial charge < -0.3 is 10.1 Å². The summed E-state index contributed by atoms with van der Waals surface area (Å²) in [5, 5.41) is 2.84.